The molecule has 1 unspecified atom stereocenters. The third kappa shape index (κ3) is 2.87. The first-order valence-electron chi connectivity index (χ1n) is 5.77. The fourth-order valence-corrected chi connectivity index (χ4v) is 1.83. The van der Waals surface area contributed by atoms with Crippen LogP contribution in [0.25, 0.3) is 0 Å². The standard InChI is InChI=1S/C13H15NO4/c1-17-13(16)9-3-2-4-11(7-9)14-12(15)10-5-6-18-8-10/h2-4,7,10H,5-6,8H2,1H3,(H,14,15). The van der Waals surface area contributed by atoms with Crippen molar-refractivity contribution in [1.29, 1.82) is 0 Å². The molecule has 1 aliphatic heterocycles. The Morgan fingerprint density at radius 2 is 2.28 bits per heavy atom. The average molecular weight is 249 g/mol. The molecule has 1 aliphatic rings. The van der Waals surface area contributed by atoms with Crippen LogP contribution in [0.3, 0.4) is 0 Å². The Kier molecular flexibility index (Phi) is 3.94. The van der Waals surface area contributed by atoms with Gasteiger partial charge in [0.15, 0.2) is 0 Å². The lowest BCUT2D eigenvalue weighted by Gasteiger charge is -2.10. The molecule has 0 spiro atoms. The van der Waals surface area contributed by atoms with Crippen LogP contribution in [0, 0.1) is 5.92 Å². The summed E-state index contributed by atoms with van der Waals surface area (Å²) in [4.78, 5) is 23.2. The second kappa shape index (κ2) is 5.64. The van der Waals surface area contributed by atoms with Crippen LogP contribution in [0.15, 0.2) is 24.3 Å². The first-order chi connectivity index (χ1) is 8.70. The fourth-order valence-electron chi connectivity index (χ4n) is 1.83. The molecule has 2 rings (SSSR count). The summed E-state index contributed by atoms with van der Waals surface area (Å²) in [5.74, 6) is -0.600. The van der Waals surface area contributed by atoms with Gasteiger partial charge in [0.25, 0.3) is 0 Å². The molecule has 0 saturated carbocycles. The average Bonchev–Trinajstić information content (AvgIpc) is 2.92. The van der Waals surface area contributed by atoms with Crippen molar-refractivity contribution in [3.63, 3.8) is 0 Å². The molecule has 18 heavy (non-hydrogen) atoms. The van der Waals surface area contributed by atoms with E-state index in [1.54, 1.807) is 24.3 Å². The van der Waals surface area contributed by atoms with Crippen LogP contribution >= 0.6 is 0 Å². The van der Waals surface area contributed by atoms with Gasteiger partial charge < -0.3 is 14.8 Å². The molecule has 1 aromatic carbocycles. The molecule has 1 saturated heterocycles. The van der Waals surface area contributed by atoms with Crippen LogP contribution in [0.4, 0.5) is 5.69 Å². The number of benzene rings is 1. The molecule has 0 aromatic heterocycles. The Bertz CT molecular complexity index is 452. The van der Waals surface area contributed by atoms with Gasteiger partial charge in [-0.2, -0.15) is 0 Å². The molecular weight excluding hydrogens is 234 g/mol. The monoisotopic (exact) mass is 249 g/mol. The second-order valence-electron chi connectivity index (χ2n) is 4.12. The van der Waals surface area contributed by atoms with Gasteiger partial charge in [-0.1, -0.05) is 6.07 Å². The number of nitrogens with one attached hydrogen (secondary N) is 1. The molecule has 1 atom stereocenters. The zero-order chi connectivity index (χ0) is 13.0. The maximum Gasteiger partial charge on any atom is 0.337 e. The number of hydrogen-bond donors (Lipinski definition) is 1. The van der Waals surface area contributed by atoms with Crippen LogP contribution in [-0.2, 0) is 14.3 Å². The summed E-state index contributed by atoms with van der Waals surface area (Å²) in [6, 6.07) is 6.67. The summed E-state index contributed by atoms with van der Waals surface area (Å²) < 4.78 is 9.78. The van der Waals surface area contributed by atoms with E-state index in [1.807, 2.05) is 0 Å². The maximum atomic E-state index is 11.9. The molecule has 1 amide bonds. The normalized spacial score (nSPS) is 18.4. The van der Waals surface area contributed by atoms with E-state index in [2.05, 4.69) is 10.1 Å². The minimum Gasteiger partial charge on any atom is -0.465 e. The number of rotatable bonds is 3. The molecule has 1 heterocycles. The molecule has 0 aliphatic carbocycles. The van der Waals surface area contributed by atoms with Gasteiger partial charge in [-0.15, -0.1) is 0 Å². The summed E-state index contributed by atoms with van der Waals surface area (Å²) in [6.07, 6.45) is 0.739. The molecular formula is C13H15NO4. The molecule has 1 aromatic rings. The Morgan fingerprint density at radius 3 is 2.94 bits per heavy atom. The number of ether oxygens (including phenoxy) is 2. The van der Waals surface area contributed by atoms with Gasteiger partial charge in [0, 0.05) is 12.3 Å². The molecule has 5 heteroatoms. The number of methoxy groups -OCH3 is 1. The van der Waals surface area contributed by atoms with Gasteiger partial charge in [-0.3, -0.25) is 4.79 Å². The maximum absolute atomic E-state index is 11.9. The number of esters is 1. The molecule has 0 radical (unpaired) electrons. The highest BCUT2D eigenvalue weighted by molar-refractivity contribution is 5.95. The topological polar surface area (TPSA) is 64.6 Å². The first-order valence-corrected chi connectivity index (χ1v) is 5.77. The smallest absolute Gasteiger partial charge is 0.337 e. The predicted octanol–water partition coefficient (Wildman–Crippen LogP) is 1.45. The van der Waals surface area contributed by atoms with Gasteiger partial charge >= 0.3 is 5.97 Å². The Hall–Kier alpha value is -1.88. The van der Waals surface area contributed by atoms with Crippen molar-refractivity contribution in [2.24, 2.45) is 5.92 Å². The van der Waals surface area contributed by atoms with Crippen LogP contribution in [0.1, 0.15) is 16.8 Å². The Balaban J connectivity index is 2.04. The van der Waals surface area contributed by atoms with E-state index >= 15 is 0 Å². The van der Waals surface area contributed by atoms with E-state index in [0.717, 1.165) is 6.42 Å². The highest BCUT2D eigenvalue weighted by atomic mass is 16.5. The highest BCUT2D eigenvalue weighted by Gasteiger charge is 2.23. The van der Waals surface area contributed by atoms with Gasteiger partial charge in [0.1, 0.15) is 0 Å². The van der Waals surface area contributed by atoms with E-state index in [9.17, 15) is 9.59 Å². The van der Waals surface area contributed by atoms with Crippen molar-refractivity contribution in [3.05, 3.63) is 29.8 Å². The van der Waals surface area contributed by atoms with E-state index in [-0.39, 0.29) is 11.8 Å². The predicted molar refractivity (Wildman–Crippen MR) is 65.3 cm³/mol. The minimum atomic E-state index is -0.421. The number of amides is 1. The van der Waals surface area contributed by atoms with Crippen LogP contribution in [-0.4, -0.2) is 32.2 Å². The number of carbonyl (C=O) groups excluding carboxylic acids is 2. The van der Waals surface area contributed by atoms with Crippen molar-refractivity contribution >= 4 is 17.6 Å². The van der Waals surface area contributed by atoms with E-state index in [1.165, 1.54) is 7.11 Å². The summed E-state index contributed by atoms with van der Waals surface area (Å²) in [5, 5.41) is 2.78. The molecule has 5 nitrogen and oxygen atoms in total. The van der Waals surface area contributed by atoms with Crippen LogP contribution < -0.4 is 5.32 Å². The first kappa shape index (κ1) is 12.6. The van der Waals surface area contributed by atoms with Gasteiger partial charge in [0.05, 0.1) is 25.2 Å². The van der Waals surface area contributed by atoms with Gasteiger partial charge in [-0.25, -0.2) is 4.79 Å². The van der Waals surface area contributed by atoms with Crippen LogP contribution in [0.2, 0.25) is 0 Å². The van der Waals surface area contributed by atoms with Crippen molar-refractivity contribution in [2.75, 3.05) is 25.6 Å². The highest BCUT2D eigenvalue weighted by Crippen LogP contribution is 2.17. The summed E-state index contributed by atoms with van der Waals surface area (Å²) in [5.41, 5.74) is 1.01. The minimum absolute atomic E-state index is 0.0745. The summed E-state index contributed by atoms with van der Waals surface area (Å²) >= 11 is 0. The molecule has 96 valence electrons. The van der Waals surface area contributed by atoms with Gasteiger partial charge in [0.2, 0.25) is 5.91 Å². The lowest BCUT2D eigenvalue weighted by atomic mass is 10.1. The lowest BCUT2D eigenvalue weighted by Crippen LogP contribution is -2.22. The fraction of sp³-hybridized carbons (Fsp3) is 0.385. The largest absolute Gasteiger partial charge is 0.465 e. The quantitative estimate of drug-likeness (QED) is 0.823. The van der Waals surface area contributed by atoms with E-state index in [4.69, 9.17) is 4.74 Å². The lowest BCUT2D eigenvalue weighted by molar-refractivity contribution is -0.119. The molecule has 1 fully saturated rings. The van der Waals surface area contributed by atoms with Crippen molar-refractivity contribution in [1.82, 2.24) is 0 Å². The third-order valence-electron chi connectivity index (χ3n) is 2.85. The zero-order valence-corrected chi connectivity index (χ0v) is 10.1. The van der Waals surface area contributed by atoms with E-state index in [0.29, 0.717) is 24.5 Å². The van der Waals surface area contributed by atoms with E-state index < -0.39 is 5.97 Å². The van der Waals surface area contributed by atoms with Gasteiger partial charge in [-0.05, 0) is 24.6 Å². The summed E-state index contributed by atoms with van der Waals surface area (Å²) in [6.45, 7) is 1.09. The number of hydrogen-bond acceptors (Lipinski definition) is 4. The van der Waals surface area contributed by atoms with Crippen molar-refractivity contribution < 1.29 is 19.1 Å². The second-order valence-corrected chi connectivity index (χ2v) is 4.12. The summed E-state index contributed by atoms with van der Waals surface area (Å²) in [7, 11) is 1.32. The van der Waals surface area contributed by atoms with Crippen molar-refractivity contribution in [3.8, 4) is 0 Å². The number of carbonyl (C=O) groups is 2. The van der Waals surface area contributed by atoms with Crippen molar-refractivity contribution in [2.45, 2.75) is 6.42 Å². The number of anilines is 1. The zero-order valence-electron chi connectivity index (χ0n) is 10.1. The molecule has 0 bridgehead atoms. The molecule has 1 N–H and O–H groups in total. The Labute approximate surface area is 105 Å². The van der Waals surface area contributed by atoms with Crippen LogP contribution in [0.5, 0.6) is 0 Å². The SMILES string of the molecule is COC(=O)c1cccc(NC(=O)C2CCOC2)c1. The third-order valence-corrected chi connectivity index (χ3v) is 2.85. The Morgan fingerprint density at radius 1 is 1.44 bits per heavy atom.